The number of halogens is 1. The van der Waals surface area contributed by atoms with E-state index < -0.39 is 0 Å². The normalized spacial score (nSPS) is 25.1. The summed E-state index contributed by atoms with van der Waals surface area (Å²) in [4.78, 5) is 17.5. The number of benzene rings is 1. The third kappa shape index (κ3) is 4.79. The van der Waals surface area contributed by atoms with E-state index in [1.54, 1.807) is 0 Å². The fourth-order valence-electron chi connectivity index (χ4n) is 4.22. The number of amides is 1. The summed E-state index contributed by atoms with van der Waals surface area (Å²) in [5, 5.41) is 3.24. The van der Waals surface area contributed by atoms with Crippen molar-refractivity contribution in [2.45, 2.75) is 44.7 Å². The highest BCUT2D eigenvalue weighted by Gasteiger charge is 2.33. The minimum atomic E-state index is -0.209. The first-order valence-electron chi connectivity index (χ1n) is 9.59. The van der Waals surface area contributed by atoms with Crippen molar-refractivity contribution in [2.75, 3.05) is 33.2 Å². The van der Waals surface area contributed by atoms with Crippen molar-refractivity contribution in [3.05, 3.63) is 35.6 Å². The molecule has 0 saturated carbocycles. The van der Waals surface area contributed by atoms with Gasteiger partial charge in [0, 0.05) is 19.6 Å². The van der Waals surface area contributed by atoms with Gasteiger partial charge < -0.3 is 10.2 Å². The molecule has 1 amide bonds. The first-order chi connectivity index (χ1) is 12.2. The molecule has 138 valence electrons. The second-order valence-corrected chi connectivity index (χ2v) is 7.46. The lowest BCUT2D eigenvalue weighted by atomic mass is 9.95. The van der Waals surface area contributed by atoms with Gasteiger partial charge in [0.15, 0.2) is 0 Å². The molecule has 0 bridgehead atoms. The number of hydrogen-bond acceptors (Lipinski definition) is 3. The quantitative estimate of drug-likeness (QED) is 0.889. The number of carbonyl (C=O) groups is 1. The molecule has 0 aromatic heterocycles. The summed E-state index contributed by atoms with van der Waals surface area (Å²) in [5.41, 5.74) is 1.08. The molecule has 2 heterocycles. The van der Waals surface area contributed by atoms with Gasteiger partial charge in [0.1, 0.15) is 5.82 Å². The fraction of sp³-hybridized carbons (Fsp3) is 0.650. The van der Waals surface area contributed by atoms with Crippen molar-refractivity contribution < 1.29 is 9.18 Å². The van der Waals surface area contributed by atoms with Crippen LogP contribution in [0.25, 0.3) is 0 Å². The molecule has 2 aliphatic rings. The predicted molar refractivity (Wildman–Crippen MR) is 97.7 cm³/mol. The van der Waals surface area contributed by atoms with Crippen LogP contribution < -0.4 is 5.32 Å². The van der Waals surface area contributed by atoms with E-state index in [0.29, 0.717) is 11.8 Å². The highest BCUT2D eigenvalue weighted by atomic mass is 19.1. The Labute approximate surface area is 150 Å². The standard InChI is InChI=1S/C20H30FN3O/c1-22-13-17-5-4-12-24(15-17)20(25)19-6-2-3-11-23(19)14-16-7-9-18(21)10-8-16/h7-10,17,19,22H,2-6,11-15H2,1H3/t17-,19-/m1/s1. The first kappa shape index (κ1) is 18.3. The minimum absolute atomic E-state index is 0.0212. The molecule has 3 rings (SSSR count). The van der Waals surface area contributed by atoms with Crippen molar-refractivity contribution in [1.29, 1.82) is 0 Å². The van der Waals surface area contributed by atoms with E-state index in [2.05, 4.69) is 15.1 Å². The van der Waals surface area contributed by atoms with E-state index in [4.69, 9.17) is 0 Å². The van der Waals surface area contributed by atoms with Gasteiger partial charge in [-0.1, -0.05) is 18.6 Å². The van der Waals surface area contributed by atoms with E-state index in [-0.39, 0.29) is 11.9 Å². The zero-order valence-electron chi connectivity index (χ0n) is 15.2. The highest BCUT2D eigenvalue weighted by Crippen LogP contribution is 2.24. The molecule has 2 fully saturated rings. The monoisotopic (exact) mass is 347 g/mol. The van der Waals surface area contributed by atoms with Crippen molar-refractivity contribution in [3.63, 3.8) is 0 Å². The molecule has 0 spiro atoms. The molecule has 0 aliphatic carbocycles. The summed E-state index contributed by atoms with van der Waals surface area (Å²) in [7, 11) is 1.98. The van der Waals surface area contributed by atoms with Crippen LogP contribution in [0.2, 0.25) is 0 Å². The Morgan fingerprint density at radius 2 is 1.96 bits per heavy atom. The maximum absolute atomic E-state index is 13.2. The average molecular weight is 347 g/mol. The zero-order valence-corrected chi connectivity index (χ0v) is 15.2. The second-order valence-electron chi connectivity index (χ2n) is 7.46. The van der Waals surface area contributed by atoms with Gasteiger partial charge in [-0.05, 0) is 69.4 Å². The SMILES string of the molecule is CNC[C@H]1CCCN(C(=O)[C@H]2CCCCN2Cc2ccc(F)cc2)C1. The Balaban J connectivity index is 1.65. The summed E-state index contributed by atoms with van der Waals surface area (Å²) in [6.07, 6.45) is 5.49. The Morgan fingerprint density at radius 3 is 2.72 bits per heavy atom. The second kappa shape index (κ2) is 8.77. The molecule has 2 atom stereocenters. The lowest BCUT2D eigenvalue weighted by Crippen LogP contribution is -2.53. The summed E-state index contributed by atoms with van der Waals surface area (Å²) >= 11 is 0. The molecule has 1 aromatic rings. The van der Waals surface area contributed by atoms with E-state index in [1.165, 1.54) is 18.6 Å². The van der Waals surface area contributed by atoms with Crippen LogP contribution in [-0.2, 0) is 11.3 Å². The van der Waals surface area contributed by atoms with Crippen molar-refractivity contribution in [1.82, 2.24) is 15.1 Å². The molecule has 5 heteroatoms. The van der Waals surface area contributed by atoms with Gasteiger partial charge >= 0.3 is 0 Å². The van der Waals surface area contributed by atoms with Gasteiger partial charge in [-0.15, -0.1) is 0 Å². The van der Waals surface area contributed by atoms with E-state index in [9.17, 15) is 9.18 Å². The Hall–Kier alpha value is -1.46. The third-order valence-corrected chi connectivity index (χ3v) is 5.52. The average Bonchev–Trinajstić information content (AvgIpc) is 2.64. The fourth-order valence-corrected chi connectivity index (χ4v) is 4.22. The summed E-state index contributed by atoms with van der Waals surface area (Å²) in [6.45, 7) is 4.42. The number of likely N-dealkylation sites (tertiary alicyclic amines) is 2. The molecular weight excluding hydrogens is 317 g/mol. The van der Waals surface area contributed by atoms with Crippen molar-refractivity contribution in [3.8, 4) is 0 Å². The number of carbonyl (C=O) groups excluding carboxylic acids is 1. The van der Waals surface area contributed by atoms with Gasteiger partial charge in [-0.3, -0.25) is 9.69 Å². The van der Waals surface area contributed by atoms with E-state index in [1.807, 2.05) is 19.2 Å². The van der Waals surface area contributed by atoms with Gasteiger partial charge in [-0.2, -0.15) is 0 Å². The topological polar surface area (TPSA) is 35.6 Å². The van der Waals surface area contributed by atoms with Crippen LogP contribution in [0.5, 0.6) is 0 Å². The third-order valence-electron chi connectivity index (χ3n) is 5.52. The van der Waals surface area contributed by atoms with Crippen LogP contribution >= 0.6 is 0 Å². The molecule has 4 nitrogen and oxygen atoms in total. The van der Waals surface area contributed by atoms with Gasteiger partial charge in [-0.25, -0.2) is 4.39 Å². The lowest BCUT2D eigenvalue weighted by Gasteiger charge is -2.40. The maximum Gasteiger partial charge on any atom is 0.239 e. The Morgan fingerprint density at radius 1 is 1.16 bits per heavy atom. The van der Waals surface area contributed by atoms with Crippen LogP contribution in [0.15, 0.2) is 24.3 Å². The summed E-state index contributed by atoms with van der Waals surface area (Å²) < 4.78 is 13.1. The lowest BCUT2D eigenvalue weighted by molar-refractivity contribution is -0.140. The number of piperidine rings is 2. The molecule has 25 heavy (non-hydrogen) atoms. The molecule has 1 N–H and O–H groups in total. The smallest absolute Gasteiger partial charge is 0.239 e. The van der Waals surface area contributed by atoms with Crippen molar-refractivity contribution in [2.24, 2.45) is 5.92 Å². The van der Waals surface area contributed by atoms with Crippen LogP contribution in [0.3, 0.4) is 0 Å². The number of nitrogens with zero attached hydrogens (tertiary/aromatic N) is 2. The molecule has 2 saturated heterocycles. The van der Waals surface area contributed by atoms with Crippen LogP contribution in [0.4, 0.5) is 4.39 Å². The van der Waals surface area contributed by atoms with Gasteiger partial charge in [0.2, 0.25) is 5.91 Å². The van der Waals surface area contributed by atoms with Crippen molar-refractivity contribution >= 4 is 5.91 Å². The van der Waals surface area contributed by atoms with Gasteiger partial charge in [0.05, 0.1) is 6.04 Å². The van der Waals surface area contributed by atoms with Crippen LogP contribution in [-0.4, -0.2) is 55.0 Å². The highest BCUT2D eigenvalue weighted by molar-refractivity contribution is 5.82. The van der Waals surface area contributed by atoms with E-state index >= 15 is 0 Å². The molecule has 2 aliphatic heterocycles. The summed E-state index contributed by atoms with van der Waals surface area (Å²) in [5.74, 6) is 0.651. The van der Waals surface area contributed by atoms with Crippen LogP contribution in [0.1, 0.15) is 37.7 Å². The Bertz CT molecular complexity index is 561. The molecule has 0 radical (unpaired) electrons. The largest absolute Gasteiger partial charge is 0.341 e. The number of nitrogens with one attached hydrogen (secondary N) is 1. The van der Waals surface area contributed by atoms with E-state index in [0.717, 1.165) is 64.0 Å². The minimum Gasteiger partial charge on any atom is -0.341 e. The first-order valence-corrected chi connectivity index (χ1v) is 9.59. The van der Waals surface area contributed by atoms with Crippen LogP contribution in [0, 0.1) is 11.7 Å². The Kier molecular flexibility index (Phi) is 6.43. The summed E-state index contributed by atoms with van der Waals surface area (Å²) in [6, 6.07) is 6.64. The number of hydrogen-bond donors (Lipinski definition) is 1. The zero-order chi connectivity index (χ0) is 17.6. The molecular formula is C20H30FN3O. The maximum atomic E-state index is 13.2. The van der Waals surface area contributed by atoms with Gasteiger partial charge in [0.25, 0.3) is 0 Å². The molecule has 1 aromatic carbocycles. The molecule has 0 unspecified atom stereocenters. The predicted octanol–water partition coefficient (Wildman–Crippen LogP) is 2.64. The number of rotatable bonds is 5.